The first kappa shape index (κ1) is 15.9. The third-order valence-corrected chi connectivity index (χ3v) is 3.50. The Kier molecular flexibility index (Phi) is 4.70. The summed E-state index contributed by atoms with van der Waals surface area (Å²) in [6.45, 7) is 3.93. The molecule has 22 heavy (non-hydrogen) atoms. The van der Waals surface area contributed by atoms with Gasteiger partial charge in [0.1, 0.15) is 5.75 Å². The van der Waals surface area contributed by atoms with E-state index in [4.69, 9.17) is 9.84 Å². The molecule has 1 heterocycles. The third kappa shape index (κ3) is 3.21. The summed E-state index contributed by atoms with van der Waals surface area (Å²) in [4.78, 5) is 23.4. The fourth-order valence-electron chi connectivity index (χ4n) is 2.37. The Morgan fingerprint density at radius 3 is 2.73 bits per heavy atom. The molecule has 0 radical (unpaired) electrons. The predicted octanol–water partition coefficient (Wildman–Crippen LogP) is 2.31. The van der Waals surface area contributed by atoms with Crippen molar-refractivity contribution in [1.29, 1.82) is 0 Å². The second-order valence-corrected chi connectivity index (χ2v) is 5.39. The second-order valence-electron chi connectivity index (χ2n) is 5.39. The quantitative estimate of drug-likeness (QED) is 0.857. The zero-order valence-electron chi connectivity index (χ0n) is 12.9. The van der Waals surface area contributed by atoms with Crippen molar-refractivity contribution in [2.24, 2.45) is 0 Å². The van der Waals surface area contributed by atoms with E-state index < -0.39 is 5.97 Å². The van der Waals surface area contributed by atoms with E-state index in [0.717, 1.165) is 5.69 Å². The number of hydrogen-bond acceptors (Lipinski definition) is 3. The Morgan fingerprint density at radius 2 is 2.14 bits per heavy atom. The van der Waals surface area contributed by atoms with Crippen molar-refractivity contribution in [2.45, 2.75) is 32.6 Å². The highest BCUT2D eigenvalue weighted by molar-refractivity contribution is 5.67. The molecule has 6 nitrogen and oxygen atoms in total. The number of aromatic amines is 1. The van der Waals surface area contributed by atoms with Gasteiger partial charge in [-0.05, 0) is 24.5 Å². The number of carboxylic acid groups (broad SMARTS) is 1. The normalized spacial score (nSPS) is 10.9. The molecule has 0 aliphatic heterocycles. The first-order chi connectivity index (χ1) is 10.4. The van der Waals surface area contributed by atoms with E-state index in [-0.39, 0.29) is 24.3 Å². The Morgan fingerprint density at radius 1 is 1.41 bits per heavy atom. The Labute approximate surface area is 128 Å². The van der Waals surface area contributed by atoms with Crippen molar-refractivity contribution in [3.05, 3.63) is 45.9 Å². The third-order valence-electron chi connectivity index (χ3n) is 3.50. The fourth-order valence-corrected chi connectivity index (χ4v) is 2.37. The number of hydrogen-bond donors (Lipinski definition) is 2. The van der Waals surface area contributed by atoms with E-state index in [9.17, 15) is 9.59 Å². The van der Waals surface area contributed by atoms with Crippen LogP contribution in [0.2, 0.25) is 0 Å². The highest BCUT2D eigenvalue weighted by Crippen LogP contribution is 2.19. The smallest absolute Gasteiger partial charge is 0.303 e. The molecule has 2 rings (SSSR count). The Bertz CT molecular complexity index is 728. The molecule has 0 saturated heterocycles. The number of H-pyrrole nitrogens is 1. The maximum atomic E-state index is 12.6. The number of aromatic nitrogens is 2. The maximum Gasteiger partial charge on any atom is 0.303 e. The van der Waals surface area contributed by atoms with Gasteiger partial charge in [-0.1, -0.05) is 19.9 Å². The highest BCUT2D eigenvalue weighted by atomic mass is 16.5. The number of ether oxygens (including phenoxy) is 1. The van der Waals surface area contributed by atoms with Gasteiger partial charge in [0, 0.05) is 23.7 Å². The van der Waals surface area contributed by atoms with E-state index in [0.29, 0.717) is 17.0 Å². The van der Waals surface area contributed by atoms with E-state index in [1.807, 2.05) is 13.8 Å². The highest BCUT2D eigenvalue weighted by Gasteiger charge is 2.18. The SMILES string of the molecule is COc1cccc(-n2[nH]c(C(C)C)c(CCC(=O)O)c2=O)c1. The Hall–Kier alpha value is -2.50. The summed E-state index contributed by atoms with van der Waals surface area (Å²) in [5.41, 5.74) is 1.75. The van der Waals surface area contributed by atoms with Crippen molar-refractivity contribution < 1.29 is 14.6 Å². The van der Waals surface area contributed by atoms with Crippen LogP contribution in [0.3, 0.4) is 0 Å². The zero-order valence-corrected chi connectivity index (χ0v) is 12.9. The van der Waals surface area contributed by atoms with Crippen LogP contribution < -0.4 is 10.3 Å². The molecule has 0 saturated carbocycles. The molecule has 118 valence electrons. The summed E-state index contributed by atoms with van der Waals surface area (Å²) in [6, 6.07) is 7.15. The van der Waals surface area contributed by atoms with E-state index >= 15 is 0 Å². The van der Waals surface area contributed by atoms with Crippen molar-refractivity contribution in [1.82, 2.24) is 9.78 Å². The maximum absolute atomic E-state index is 12.6. The number of benzene rings is 1. The van der Waals surface area contributed by atoms with Crippen molar-refractivity contribution in [3.8, 4) is 11.4 Å². The monoisotopic (exact) mass is 304 g/mol. The van der Waals surface area contributed by atoms with Crippen molar-refractivity contribution in [3.63, 3.8) is 0 Å². The molecule has 0 fully saturated rings. The van der Waals surface area contributed by atoms with Crippen LogP contribution in [0.15, 0.2) is 29.1 Å². The van der Waals surface area contributed by atoms with Crippen LogP contribution in [-0.4, -0.2) is 28.0 Å². The lowest BCUT2D eigenvalue weighted by molar-refractivity contribution is -0.136. The zero-order chi connectivity index (χ0) is 16.3. The number of rotatable bonds is 6. The standard InChI is InChI=1S/C16H20N2O4/c1-10(2)15-13(7-8-14(19)20)16(21)18(17-15)11-5-4-6-12(9-11)22-3/h4-6,9-10,17H,7-8H2,1-3H3,(H,19,20). The van der Waals surface area contributed by atoms with E-state index in [2.05, 4.69) is 5.10 Å². The number of methoxy groups -OCH3 is 1. The number of carbonyl (C=O) groups is 1. The van der Waals surface area contributed by atoms with Gasteiger partial charge in [0.2, 0.25) is 0 Å². The first-order valence-corrected chi connectivity index (χ1v) is 7.14. The number of nitrogens with zero attached hydrogens (tertiary/aromatic N) is 1. The molecule has 0 bridgehead atoms. The average molecular weight is 304 g/mol. The first-order valence-electron chi connectivity index (χ1n) is 7.14. The van der Waals surface area contributed by atoms with Crippen molar-refractivity contribution in [2.75, 3.05) is 7.11 Å². The van der Waals surface area contributed by atoms with Gasteiger partial charge in [0.15, 0.2) is 0 Å². The second kappa shape index (κ2) is 6.51. The van der Waals surface area contributed by atoms with Crippen molar-refractivity contribution >= 4 is 5.97 Å². The molecular formula is C16H20N2O4. The summed E-state index contributed by atoms with van der Waals surface area (Å²) in [5.74, 6) is -0.163. The lowest BCUT2D eigenvalue weighted by Crippen LogP contribution is -2.18. The largest absolute Gasteiger partial charge is 0.497 e. The summed E-state index contributed by atoms with van der Waals surface area (Å²) in [6.07, 6.45) is 0.153. The molecule has 0 aliphatic rings. The molecule has 2 aromatic rings. The number of nitrogens with one attached hydrogen (secondary N) is 1. The van der Waals surface area contributed by atoms with Gasteiger partial charge in [-0.2, -0.15) is 0 Å². The van der Waals surface area contributed by atoms with Gasteiger partial charge in [0.05, 0.1) is 12.8 Å². The van der Waals surface area contributed by atoms with Gasteiger partial charge in [-0.3, -0.25) is 14.7 Å². The molecule has 0 aliphatic carbocycles. The van der Waals surface area contributed by atoms with Gasteiger partial charge < -0.3 is 9.84 Å². The molecule has 2 N–H and O–H groups in total. The summed E-state index contributed by atoms with van der Waals surface area (Å²) >= 11 is 0. The van der Waals surface area contributed by atoms with Crippen LogP contribution in [0, 0.1) is 0 Å². The molecule has 0 atom stereocenters. The number of carboxylic acids is 1. The van der Waals surface area contributed by atoms with Crippen LogP contribution >= 0.6 is 0 Å². The number of aliphatic carboxylic acids is 1. The van der Waals surface area contributed by atoms with Crippen LogP contribution in [-0.2, 0) is 11.2 Å². The van der Waals surface area contributed by atoms with Crippen LogP contribution in [0.4, 0.5) is 0 Å². The molecule has 0 spiro atoms. The van der Waals surface area contributed by atoms with Gasteiger partial charge >= 0.3 is 5.97 Å². The minimum Gasteiger partial charge on any atom is -0.497 e. The summed E-state index contributed by atoms with van der Waals surface area (Å²) in [7, 11) is 1.56. The molecule has 1 aromatic carbocycles. The van der Waals surface area contributed by atoms with Gasteiger partial charge in [-0.15, -0.1) is 0 Å². The molecule has 0 unspecified atom stereocenters. The molecule has 1 aromatic heterocycles. The van der Waals surface area contributed by atoms with Gasteiger partial charge in [0.25, 0.3) is 5.56 Å². The lowest BCUT2D eigenvalue weighted by atomic mass is 10.0. The van der Waals surface area contributed by atoms with E-state index in [1.54, 1.807) is 31.4 Å². The minimum absolute atomic E-state index is 0.0646. The van der Waals surface area contributed by atoms with Crippen LogP contribution in [0.25, 0.3) is 5.69 Å². The van der Waals surface area contributed by atoms with E-state index in [1.165, 1.54) is 4.68 Å². The van der Waals surface area contributed by atoms with Gasteiger partial charge in [-0.25, -0.2) is 4.68 Å². The van der Waals surface area contributed by atoms with Crippen LogP contribution in [0.5, 0.6) is 5.75 Å². The minimum atomic E-state index is -0.914. The average Bonchev–Trinajstić information content (AvgIpc) is 2.82. The molecule has 0 amide bonds. The molecule has 6 heteroatoms. The van der Waals surface area contributed by atoms with Crippen LogP contribution in [0.1, 0.15) is 37.4 Å². The lowest BCUT2D eigenvalue weighted by Gasteiger charge is -2.06. The summed E-state index contributed by atoms with van der Waals surface area (Å²) in [5, 5.41) is 11.9. The fraction of sp³-hybridized carbons (Fsp3) is 0.375. The predicted molar refractivity (Wildman–Crippen MR) is 83.0 cm³/mol. The molecular weight excluding hydrogens is 284 g/mol. The Balaban J connectivity index is 2.50. The summed E-state index contributed by atoms with van der Waals surface area (Å²) < 4.78 is 6.61. The topological polar surface area (TPSA) is 84.3 Å².